The molecule has 10 nitrogen and oxygen atoms in total. The van der Waals surface area contributed by atoms with E-state index in [1.165, 1.54) is 0 Å². The van der Waals surface area contributed by atoms with E-state index in [2.05, 4.69) is 10.0 Å². The molecule has 0 aliphatic carbocycles. The molecule has 1 heterocycles. The number of azide groups is 1. The number of hydrogen-bond acceptors (Lipinski definition) is 8. The van der Waals surface area contributed by atoms with Crippen LogP contribution in [0.15, 0.2) is 5.11 Å². The Hall–Kier alpha value is -0.970. The average Bonchev–Trinajstić information content (AvgIpc) is 2.46. The fourth-order valence-corrected chi connectivity index (χ4v) is 1.68. The second-order valence-electron chi connectivity index (χ2n) is 4.13. The first kappa shape index (κ1) is 17.1. The van der Waals surface area contributed by atoms with Crippen LogP contribution in [0, 0.1) is 0 Å². The van der Waals surface area contributed by atoms with Crippen molar-refractivity contribution < 1.29 is 34.6 Å². The SMILES string of the molecule is [N-]=[N+]=NCCOCCO[C@H]1O[C@H](CO)[C@@H](O)[C@H](O)[C@H]1O. The first-order valence-electron chi connectivity index (χ1n) is 6.12. The molecule has 1 aliphatic rings. The second kappa shape index (κ2) is 9.06. The zero-order valence-corrected chi connectivity index (χ0v) is 10.8. The van der Waals surface area contributed by atoms with E-state index in [0.29, 0.717) is 0 Å². The van der Waals surface area contributed by atoms with Crippen molar-refractivity contribution in [2.75, 3.05) is 33.0 Å². The van der Waals surface area contributed by atoms with Gasteiger partial charge < -0.3 is 34.6 Å². The van der Waals surface area contributed by atoms with Crippen molar-refractivity contribution >= 4 is 0 Å². The number of rotatable bonds is 8. The quantitative estimate of drug-likeness (QED) is 0.177. The van der Waals surface area contributed by atoms with Crippen LogP contribution in [0.4, 0.5) is 0 Å². The Labute approximate surface area is 115 Å². The van der Waals surface area contributed by atoms with Crippen LogP contribution < -0.4 is 0 Å². The molecule has 0 spiro atoms. The lowest BCUT2D eigenvalue weighted by Gasteiger charge is -2.39. The maximum absolute atomic E-state index is 9.66. The molecule has 0 aromatic rings. The van der Waals surface area contributed by atoms with Gasteiger partial charge in [0, 0.05) is 11.5 Å². The number of nitrogens with zero attached hydrogens (tertiary/aromatic N) is 3. The van der Waals surface area contributed by atoms with Crippen LogP contribution in [0.5, 0.6) is 0 Å². The van der Waals surface area contributed by atoms with Gasteiger partial charge in [0.05, 0.1) is 26.4 Å². The Morgan fingerprint density at radius 1 is 1.10 bits per heavy atom. The highest BCUT2D eigenvalue weighted by molar-refractivity contribution is 4.88. The molecule has 0 saturated carbocycles. The molecule has 5 atom stereocenters. The smallest absolute Gasteiger partial charge is 0.186 e. The molecular formula is C10H19N3O7. The second-order valence-corrected chi connectivity index (χ2v) is 4.13. The molecule has 0 unspecified atom stereocenters. The minimum absolute atomic E-state index is 0.0684. The summed E-state index contributed by atoms with van der Waals surface area (Å²) in [5.41, 5.74) is 8.03. The van der Waals surface area contributed by atoms with Gasteiger partial charge in [0.2, 0.25) is 0 Å². The lowest BCUT2D eigenvalue weighted by molar-refractivity contribution is -0.302. The minimum Gasteiger partial charge on any atom is -0.394 e. The van der Waals surface area contributed by atoms with Gasteiger partial charge in [0.1, 0.15) is 24.4 Å². The van der Waals surface area contributed by atoms with Crippen molar-refractivity contribution in [3.63, 3.8) is 0 Å². The topological polar surface area (TPSA) is 157 Å². The molecule has 0 aromatic heterocycles. The molecule has 1 aliphatic heterocycles. The number of aliphatic hydroxyl groups is 4. The summed E-state index contributed by atoms with van der Waals surface area (Å²) in [7, 11) is 0. The van der Waals surface area contributed by atoms with Gasteiger partial charge in [-0.25, -0.2) is 0 Å². The Morgan fingerprint density at radius 3 is 2.50 bits per heavy atom. The molecule has 0 radical (unpaired) electrons. The monoisotopic (exact) mass is 293 g/mol. The summed E-state index contributed by atoms with van der Waals surface area (Å²) in [6.45, 7) is 0.182. The third kappa shape index (κ3) is 4.85. The fourth-order valence-electron chi connectivity index (χ4n) is 1.68. The van der Waals surface area contributed by atoms with E-state index in [9.17, 15) is 15.3 Å². The lowest BCUT2D eigenvalue weighted by Crippen LogP contribution is -2.59. The van der Waals surface area contributed by atoms with E-state index in [0.717, 1.165) is 0 Å². The van der Waals surface area contributed by atoms with Gasteiger partial charge in [-0.2, -0.15) is 0 Å². The van der Waals surface area contributed by atoms with Crippen molar-refractivity contribution in [2.24, 2.45) is 5.11 Å². The van der Waals surface area contributed by atoms with Gasteiger partial charge in [-0.15, -0.1) is 0 Å². The summed E-state index contributed by atoms with van der Waals surface area (Å²) in [4.78, 5) is 2.56. The fraction of sp³-hybridized carbons (Fsp3) is 1.00. The number of hydrogen-bond donors (Lipinski definition) is 4. The summed E-state index contributed by atoms with van der Waals surface area (Å²) in [6, 6.07) is 0. The Balaban J connectivity index is 2.26. The van der Waals surface area contributed by atoms with Crippen molar-refractivity contribution in [3.05, 3.63) is 10.4 Å². The lowest BCUT2D eigenvalue weighted by atomic mass is 9.99. The highest BCUT2D eigenvalue weighted by Gasteiger charge is 2.43. The van der Waals surface area contributed by atoms with E-state index < -0.39 is 37.3 Å². The van der Waals surface area contributed by atoms with Gasteiger partial charge >= 0.3 is 0 Å². The van der Waals surface area contributed by atoms with E-state index >= 15 is 0 Å². The summed E-state index contributed by atoms with van der Waals surface area (Å²) in [6.07, 6.45) is -6.45. The van der Waals surface area contributed by atoms with Crippen LogP contribution in [-0.4, -0.2) is 84.1 Å². The summed E-state index contributed by atoms with van der Waals surface area (Å²) in [5.74, 6) is 0. The van der Waals surface area contributed by atoms with Crippen molar-refractivity contribution in [1.82, 2.24) is 0 Å². The summed E-state index contributed by atoms with van der Waals surface area (Å²) < 4.78 is 15.4. The van der Waals surface area contributed by atoms with E-state index in [1.807, 2.05) is 0 Å². The highest BCUT2D eigenvalue weighted by atomic mass is 16.7. The molecular weight excluding hydrogens is 274 g/mol. The van der Waals surface area contributed by atoms with Crippen LogP contribution in [0.2, 0.25) is 0 Å². The first-order valence-corrected chi connectivity index (χ1v) is 6.12. The van der Waals surface area contributed by atoms with Crippen LogP contribution in [0.3, 0.4) is 0 Å². The zero-order valence-electron chi connectivity index (χ0n) is 10.8. The standard InChI is InChI=1S/C10H19N3O7/c11-13-12-1-2-18-3-4-19-10-9(17)8(16)7(15)6(5-14)20-10/h6-10,14-17H,1-5H2/t6-,7-,8+,9-,10+/m1/s1. The molecule has 1 fully saturated rings. The van der Waals surface area contributed by atoms with Crippen molar-refractivity contribution in [2.45, 2.75) is 30.7 Å². The molecule has 1 saturated heterocycles. The molecule has 20 heavy (non-hydrogen) atoms. The zero-order chi connectivity index (χ0) is 15.0. The van der Waals surface area contributed by atoms with Crippen LogP contribution >= 0.6 is 0 Å². The molecule has 0 bridgehead atoms. The summed E-state index contributed by atoms with van der Waals surface area (Å²) in [5, 5.41) is 41.0. The van der Waals surface area contributed by atoms with E-state index in [-0.39, 0.29) is 26.4 Å². The average molecular weight is 293 g/mol. The minimum atomic E-state index is -1.46. The largest absolute Gasteiger partial charge is 0.394 e. The third-order valence-corrected chi connectivity index (χ3v) is 2.76. The predicted octanol–water partition coefficient (Wildman–Crippen LogP) is -1.87. The van der Waals surface area contributed by atoms with Gasteiger partial charge in [0.25, 0.3) is 0 Å². The first-order chi connectivity index (χ1) is 9.61. The number of ether oxygens (including phenoxy) is 3. The molecule has 1 rings (SSSR count). The molecule has 116 valence electrons. The van der Waals surface area contributed by atoms with Gasteiger partial charge in [-0.05, 0) is 5.53 Å². The van der Waals surface area contributed by atoms with Gasteiger partial charge in [-0.3, -0.25) is 0 Å². The van der Waals surface area contributed by atoms with Gasteiger partial charge in [0.15, 0.2) is 6.29 Å². The Bertz CT molecular complexity index is 324. The number of aliphatic hydroxyl groups excluding tert-OH is 4. The summed E-state index contributed by atoms with van der Waals surface area (Å²) >= 11 is 0. The maximum Gasteiger partial charge on any atom is 0.186 e. The third-order valence-electron chi connectivity index (χ3n) is 2.76. The normalized spacial score (nSPS) is 33.7. The predicted molar refractivity (Wildman–Crippen MR) is 64.6 cm³/mol. The Morgan fingerprint density at radius 2 is 1.85 bits per heavy atom. The molecule has 0 aromatic carbocycles. The maximum atomic E-state index is 9.66. The van der Waals surface area contributed by atoms with Crippen LogP contribution in [-0.2, 0) is 14.2 Å². The van der Waals surface area contributed by atoms with Crippen molar-refractivity contribution in [1.29, 1.82) is 0 Å². The van der Waals surface area contributed by atoms with E-state index in [4.69, 9.17) is 24.8 Å². The van der Waals surface area contributed by atoms with Crippen molar-refractivity contribution in [3.8, 4) is 0 Å². The highest BCUT2D eigenvalue weighted by Crippen LogP contribution is 2.21. The van der Waals surface area contributed by atoms with E-state index in [1.54, 1.807) is 0 Å². The van der Waals surface area contributed by atoms with Crippen LogP contribution in [0.25, 0.3) is 10.4 Å². The molecule has 4 N–H and O–H groups in total. The van der Waals surface area contributed by atoms with Gasteiger partial charge in [-0.1, -0.05) is 5.11 Å². The molecule has 10 heteroatoms. The molecule has 0 amide bonds. The Kier molecular flexibility index (Phi) is 7.73. The van der Waals surface area contributed by atoms with Crippen LogP contribution in [0.1, 0.15) is 0 Å².